The second-order valence-electron chi connectivity index (χ2n) is 11.5. The molecule has 0 radical (unpaired) electrons. The number of rotatable bonds is 5. The van der Waals surface area contributed by atoms with Crippen molar-refractivity contribution in [2.75, 3.05) is 6.61 Å². The highest BCUT2D eigenvalue weighted by Crippen LogP contribution is 2.39. The molecule has 1 amide bonds. The number of allylic oxidation sites excluding steroid dienone is 1. The Morgan fingerprint density at radius 1 is 1.19 bits per heavy atom. The number of Topliss-reactive ketones (excluding diaryl/α,β-unsaturated/α-hetero) is 1. The van der Waals surface area contributed by atoms with E-state index in [9.17, 15) is 19.8 Å². The summed E-state index contributed by atoms with van der Waals surface area (Å²) in [7, 11) is 0. The Kier molecular flexibility index (Phi) is 10.2. The third kappa shape index (κ3) is 8.87. The van der Waals surface area contributed by atoms with Crippen LogP contribution in [0, 0.1) is 17.3 Å². The number of nitrogens with zero attached hydrogens (tertiary/aromatic N) is 1. The Labute approximate surface area is 221 Å². The van der Waals surface area contributed by atoms with Crippen LogP contribution in [-0.2, 0) is 14.3 Å². The fraction of sp³-hybridized carbons (Fsp3) is 0.633. The van der Waals surface area contributed by atoms with Crippen molar-refractivity contribution in [3.8, 4) is 0 Å². The lowest BCUT2D eigenvalue weighted by Crippen LogP contribution is -2.51. The van der Waals surface area contributed by atoms with Gasteiger partial charge in [-0.15, -0.1) is 0 Å². The number of carbonyl (C=O) groups excluding carboxylic acids is 2. The minimum atomic E-state index is -2.11. The van der Waals surface area contributed by atoms with E-state index in [1.165, 1.54) is 5.57 Å². The van der Waals surface area contributed by atoms with Gasteiger partial charge in [-0.2, -0.15) is 0 Å². The van der Waals surface area contributed by atoms with Crippen molar-refractivity contribution in [3.63, 3.8) is 0 Å². The molecule has 3 N–H and O–H groups in total. The van der Waals surface area contributed by atoms with E-state index in [-0.39, 0.29) is 30.3 Å². The maximum Gasteiger partial charge on any atom is 0.220 e. The van der Waals surface area contributed by atoms with Crippen molar-refractivity contribution in [3.05, 3.63) is 47.8 Å². The van der Waals surface area contributed by atoms with Crippen LogP contribution in [0.1, 0.15) is 84.8 Å². The van der Waals surface area contributed by atoms with Crippen LogP contribution in [0.3, 0.4) is 0 Å². The van der Waals surface area contributed by atoms with Gasteiger partial charge in [-0.3, -0.25) is 14.6 Å². The van der Waals surface area contributed by atoms with E-state index in [1.807, 2.05) is 37.3 Å². The van der Waals surface area contributed by atoms with Gasteiger partial charge in [0.2, 0.25) is 5.91 Å². The van der Waals surface area contributed by atoms with Crippen molar-refractivity contribution < 1.29 is 24.5 Å². The Bertz CT molecular complexity index is 965. The number of hydrogen-bond donors (Lipinski definition) is 3. The highest BCUT2D eigenvalue weighted by molar-refractivity contribution is 5.88. The molecule has 2 aliphatic heterocycles. The molecule has 2 aliphatic rings. The Balaban J connectivity index is 1.81. The molecule has 7 heteroatoms. The maximum absolute atomic E-state index is 13.7. The standard InChI is InChI=1S/C30H44N2O5/c1-21-8-7-9-22(2)30(35,36)26(16-15-25-20-37-25)28(34)29(3,4)18-17-27(33)32-24(12-11-21)14-13-23-10-5-6-19-31-23/h5-6,10-11,13-14,19,22,24-26,35-36H,7-9,12,15-18,20H2,1-4H3,(H,32,33). The normalized spacial score (nSPS) is 29.5. The molecule has 0 bridgehead atoms. The largest absolute Gasteiger partial charge is 0.373 e. The van der Waals surface area contributed by atoms with Gasteiger partial charge in [0.15, 0.2) is 5.79 Å². The summed E-state index contributed by atoms with van der Waals surface area (Å²) in [5.41, 5.74) is 1.13. The molecule has 7 nitrogen and oxygen atoms in total. The second-order valence-corrected chi connectivity index (χ2v) is 11.5. The number of hydrogen-bond acceptors (Lipinski definition) is 6. The van der Waals surface area contributed by atoms with Crippen molar-refractivity contribution in [1.29, 1.82) is 0 Å². The van der Waals surface area contributed by atoms with Gasteiger partial charge in [-0.1, -0.05) is 44.6 Å². The summed E-state index contributed by atoms with van der Waals surface area (Å²) in [5, 5.41) is 25.6. The van der Waals surface area contributed by atoms with Crippen LogP contribution in [0.2, 0.25) is 0 Å². The van der Waals surface area contributed by atoms with E-state index < -0.39 is 23.0 Å². The molecule has 0 aliphatic carbocycles. The van der Waals surface area contributed by atoms with Crippen LogP contribution < -0.4 is 5.32 Å². The van der Waals surface area contributed by atoms with E-state index in [4.69, 9.17) is 4.74 Å². The number of ether oxygens (including phenoxy) is 1. The monoisotopic (exact) mass is 512 g/mol. The molecule has 1 aromatic heterocycles. The molecule has 3 heterocycles. The molecule has 0 spiro atoms. The van der Waals surface area contributed by atoms with Crippen LogP contribution in [-0.4, -0.2) is 51.4 Å². The number of amides is 1. The zero-order valence-electron chi connectivity index (χ0n) is 22.8. The molecule has 37 heavy (non-hydrogen) atoms. The number of ketones is 1. The summed E-state index contributed by atoms with van der Waals surface area (Å²) in [6, 6.07) is 5.51. The topological polar surface area (TPSA) is 112 Å². The fourth-order valence-corrected chi connectivity index (χ4v) is 4.97. The molecular weight excluding hydrogens is 468 g/mol. The van der Waals surface area contributed by atoms with Crippen LogP contribution in [0.5, 0.6) is 0 Å². The molecule has 4 unspecified atom stereocenters. The van der Waals surface area contributed by atoms with Gasteiger partial charge in [0.05, 0.1) is 30.4 Å². The minimum absolute atomic E-state index is 0.0945. The van der Waals surface area contributed by atoms with Gasteiger partial charge >= 0.3 is 0 Å². The van der Waals surface area contributed by atoms with E-state index >= 15 is 0 Å². The Hall–Kier alpha value is -2.35. The van der Waals surface area contributed by atoms with Crippen molar-refractivity contribution in [2.24, 2.45) is 17.3 Å². The summed E-state index contributed by atoms with van der Waals surface area (Å²) in [6.45, 7) is 8.14. The first kappa shape index (κ1) is 29.2. The predicted octanol–water partition coefficient (Wildman–Crippen LogP) is 4.59. The molecule has 4 atom stereocenters. The van der Waals surface area contributed by atoms with Gasteiger partial charge < -0.3 is 20.3 Å². The van der Waals surface area contributed by atoms with Crippen molar-refractivity contribution >= 4 is 17.8 Å². The summed E-state index contributed by atoms with van der Waals surface area (Å²) in [4.78, 5) is 31.0. The first-order valence-electron chi connectivity index (χ1n) is 13.6. The fourth-order valence-electron chi connectivity index (χ4n) is 4.97. The van der Waals surface area contributed by atoms with Crippen molar-refractivity contribution in [1.82, 2.24) is 10.3 Å². The maximum atomic E-state index is 13.7. The Morgan fingerprint density at radius 2 is 1.95 bits per heavy atom. The van der Waals surface area contributed by atoms with Gasteiger partial charge in [0.25, 0.3) is 0 Å². The van der Waals surface area contributed by atoms with Gasteiger partial charge in [-0.05, 0) is 70.1 Å². The van der Waals surface area contributed by atoms with Gasteiger partial charge in [-0.25, -0.2) is 0 Å². The van der Waals surface area contributed by atoms with Crippen LogP contribution in [0.15, 0.2) is 42.1 Å². The number of carbonyl (C=O) groups is 2. The van der Waals surface area contributed by atoms with E-state index in [0.717, 1.165) is 18.5 Å². The highest BCUT2D eigenvalue weighted by atomic mass is 16.6. The molecule has 1 saturated heterocycles. The number of epoxide rings is 1. The average molecular weight is 513 g/mol. The first-order valence-corrected chi connectivity index (χ1v) is 13.6. The molecule has 1 aromatic rings. The SMILES string of the molecule is CC1=CCC(C=Cc2ccccn2)NC(=O)CCC(C)(C)C(=O)C(CCC2CO2)C(O)(O)C(C)CCC1. The molecule has 204 valence electrons. The van der Waals surface area contributed by atoms with Crippen LogP contribution >= 0.6 is 0 Å². The first-order chi connectivity index (χ1) is 17.5. The zero-order chi connectivity index (χ0) is 27.1. The third-order valence-electron chi connectivity index (χ3n) is 7.84. The molecule has 0 saturated carbocycles. The Morgan fingerprint density at radius 3 is 2.62 bits per heavy atom. The highest BCUT2D eigenvalue weighted by Gasteiger charge is 2.48. The predicted molar refractivity (Wildman–Crippen MR) is 144 cm³/mol. The van der Waals surface area contributed by atoms with Crippen LogP contribution in [0.4, 0.5) is 0 Å². The number of aliphatic hydroxyl groups is 2. The van der Waals surface area contributed by atoms with Gasteiger partial charge in [0, 0.05) is 24.0 Å². The van der Waals surface area contributed by atoms with E-state index in [2.05, 4.69) is 23.3 Å². The zero-order valence-corrected chi connectivity index (χ0v) is 22.8. The summed E-state index contributed by atoms with van der Waals surface area (Å²) >= 11 is 0. The lowest BCUT2D eigenvalue weighted by Gasteiger charge is -2.39. The molecule has 3 rings (SSSR count). The smallest absolute Gasteiger partial charge is 0.220 e. The van der Waals surface area contributed by atoms with Gasteiger partial charge in [0.1, 0.15) is 5.78 Å². The summed E-state index contributed by atoms with van der Waals surface area (Å²) < 4.78 is 5.32. The summed E-state index contributed by atoms with van der Waals surface area (Å²) in [6.07, 6.45) is 12.2. The third-order valence-corrected chi connectivity index (χ3v) is 7.84. The molecular formula is C30H44N2O5. The molecule has 1 fully saturated rings. The van der Waals surface area contributed by atoms with E-state index in [1.54, 1.807) is 20.0 Å². The number of aromatic nitrogens is 1. The lowest BCUT2D eigenvalue weighted by molar-refractivity contribution is -0.235. The number of pyridine rings is 1. The average Bonchev–Trinajstić information content (AvgIpc) is 3.69. The summed E-state index contributed by atoms with van der Waals surface area (Å²) in [5.74, 6) is -3.83. The lowest BCUT2D eigenvalue weighted by atomic mass is 9.70. The minimum Gasteiger partial charge on any atom is -0.373 e. The van der Waals surface area contributed by atoms with Crippen molar-refractivity contribution in [2.45, 2.75) is 97.0 Å². The number of nitrogens with one attached hydrogen (secondary N) is 1. The quantitative estimate of drug-likeness (QED) is 0.302. The second kappa shape index (κ2) is 12.9. The van der Waals surface area contributed by atoms with Crippen LogP contribution in [0.25, 0.3) is 6.08 Å². The van der Waals surface area contributed by atoms with E-state index in [0.29, 0.717) is 38.7 Å². The molecule has 0 aromatic carbocycles.